The number of carbonyl (C=O) groups excluding carboxylic acids is 2. The number of ether oxygens (including phenoxy) is 1. The molecule has 1 saturated heterocycles. The quantitative estimate of drug-likeness (QED) is 0.874. The summed E-state index contributed by atoms with van der Waals surface area (Å²) in [6, 6.07) is 8.23. The fourth-order valence-electron chi connectivity index (χ4n) is 3.58. The number of benzene rings is 1. The van der Waals surface area contributed by atoms with E-state index < -0.39 is 12.2 Å². The van der Waals surface area contributed by atoms with Gasteiger partial charge in [0.05, 0.1) is 19.3 Å². The van der Waals surface area contributed by atoms with Crippen molar-refractivity contribution in [1.29, 1.82) is 0 Å². The zero-order valence-electron chi connectivity index (χ0n) is 15.8. The Hall–Kier alpha value is -2.08. The number of carbonyl (C=O) groups is 2. The number of nitrogens with zero attached hydrogens (tertiary/aromatic N) is 2. The Kier molecular flexibility index (Phi) is 5.23. The number of hydrogen-bond donors (Lipinski definition) is 1. The van der Waals surface area contributed by atoms with Crippen molar-refractivity contribution < 1.29 is 19.4 Å². The first-order valence-electron chi connectivity index (χ1n) is 9.19. The molecule has 1 heterocycles. The van der Waals surface area contributed by atoms with Crippen molar-refractivity contribution >= 4 is 12.0 Å². The molecule has 6 nitrogen and oxygen atoms in total. The van der Waals surface area contributed by atoms with Gasteiger partial charge in [-0.05, 0) is 29.4 Å². The zero-order chi connectivity index (χ0) is 18.9. The highest BCUT2D eigenvalue weighted by atomic mass is 16.6. The number of aliphatic hydroxyl groups excluding tert-OH is 1. The minimum atomic E-state index is -0.771. The lowest BCUT2D eigenvalue weighted by atomic mass is 9.99. The molecule has 0 bridgehead atoms. The molecule has 1 fully saturated rings. The Morgan fingerprint density at radius 2 is 1.81 bits per heavy atom. The van der Waals surface area contributed by atoms with Crippen LogP contribution >= 0.6 is 0 Å². The van der Waals surface area contributed by atoms with Crippen LogP contribution in [0.25, 0.3) is 0 Å². The van der Waals surface area contributed by atoms with Crippen LogP contribution in [0.2, 0.25) is 0 Å². The molecule has 3 rings (SSSR count). The SMILES string of the molecule is CC(C)(C)COC(=O)N1CC(=O)N(C2Cc3ccccc3C2)CC(O)C1. The van der Waals surface area contributed by atoms with Gasteiger partial charge in [-0.25, -0.2) is 4.79 Å². The van der Waals surface area contributed by atoms with Crippen molar-refractivity contribution in [3.8, 4) is 0 Å². The van der Waals surface area contributed by atoms with Gasteiger partial charge in [-0.1, -0.05) is 45.0 Å². The fraction of sp³-hybridized carbons (Fsp3) is 0.600. The van der Waals surface area contributed by atoms with Crippen LogP contribution in [0.4, 0.5) is 4.79 Å². The van der Waals surface area contributed by atoms with Crippen molar-refractivity contribution in [3.05, 3.63) is 35.4 Å². The van der Waals surface area contributed by atoms with E-state index in [9.17, 15) is 14.7 Å². The minimum Gasteiger partial charge on any atom is -0.449 e. The average molecular weight is 360 g/mol. The lowest BCUT2D eigenvalue weighted by Crippen LogP contribution is -2.45. The van der Waals surface area contributed by atoms with Gasteiger partial charge in [0.15, 0.2) is 0 Å². The summed E-state index contributed by atoms with van der Waals surface area (Å²) >= 11 is 0. The van der Waals surface area contributed by atoms with E-state index in [4.69, 9.17) is 4.74 Å². The highest BCUT2D eigenvalue weighted by molar-refractivity contribution is 5.83. The van der Waals surface area contributed by atoms with Crippen LogP contribution in [-0.4, -0.2) is 65.3 Å². The molecule has 1 atom stereocenters. The number of amides is 2. The van der Waals surface area contributed by atoms with Gasteiger partial charge in [0.1, 0.15) is 6.54 Å². The molecular weight excluding hydrogens is 332 g/mol. The van der Waals surface area contributed by atoms with Gasteiger partial charge < -0.3 is 14.7 Å². The first-order chi connectivity index (χ1) is 12.2. The lowest BCUT2D eigenvalue weighted by Gasteiger charge is -2.28. The van der Waals surface area contributed by atoms with E-state index in [1.54, 1.807) is 4.90 Å². The lowest BCUT2D eigenvalue weighted by molar-refractivity contribution is -0.133. The van der Waals surface area contributed by atoms with Gasteiger partial charge in [-0.15, -0.1) is 0 Å². The first-order valence-corrected chi connectivity index (χ1v) is 9.19. The van der Waals surface area contributed by atoms with Crippen molar-refractivity contribution in [2.75, 3.05) is 26.2 Å². The van der Waals surface area contributed by atoms with E-state index in [0.29, 0.717) is 0 Å². The number of hydrogen-bond acceptors (Lipinski definition) is 4. The van der Waals surface area contributed by atoms with E-state index >= 15 is 0 Å². The van der Waals surface area contributed by atoms with Crippen molar-refractivity contribution in [2.24, 2.45) is 5.41 Å². The van der Waals surface area contributed by atoms with Crippen molar-refractivity contribution in [1.82, 2.24) is 9.80 Å². The fourth-order valence-corrected chi connectivity index (χ4v) is 3.58. The molecule has 0 aromatic heterocycles. The maximum Gasteiger partial charge on any atom is 0.410 e. The molecule has 2 aliphatic rings. The van der Waals surface area contributed by atoms with Crippen LogP contribution in [0, 0.1) is 5.41 Å². The number of β-amino-alcohol motifs (C(OH)–C–C–N with tert-alkyl or cyclic N) is 1. The van der Waals surface area contributed by atoms with E-state index in [0.717, 1.165) is 12.8 Å². The van der Waals surface area contributed by atoms with E-state index in [1.807, 2.05) is 32.9 Å². The second kappa shape index (κ2) is 7.27. The summed E-state index contributed by atoms with van der Waals surface area (Å²) in [5.74, 6) is -0.132. The van der Waals surface area contributed by atoms with E-state index in [2.05, 4.69) is 12.1 Å². The predicted molar refractivity (Wildman–Crippen MR) is 97.7 cm³/mol. The minimum absolute atomic E-state index is 0.0418. The number of rotatable bonds is 2. The number of fused-ring (bicyclic) bond motifs is 1. The Bertz CT molecular complexity index is 658. The summed E-state index contributed by atoms with van der Waals surface area (Å²) < 4.78 is 5.31. The summed E-state index contributed by atoms with van der Waals surface area (Å²) in [6.45, 7) is 6.51. The maximum absolute atomic E-state index is 12.8. The van der Waals surface area contributed by atoms with E-state index in [1.165, 1.54) is 16.0 Å². The maximum atomic E-state index is 12.8. The molecule has 2 amide bonds. The average Bonchev–Trinajstić information content (AvgIpc) is 2.93. The van der Waals surface area contributed by atoms with Crippen LogP contribution in [0.15, 0.2) is 24.3 Å². The monoisotopic (exact) mass is 360 g/mol. The van der Waals surface area contributed by atoms with Crippen LogP contribution in [0.5, 0.6) is 0 Å². The Morgan fingerprint density at radius 3 is 2.38 bits per heavy atom. The Morgan fingerprint density at radius 1 is 1.19 bits per heavy atom. The molecule has 1 unspecified atom stereocenters. The number of aliphatic hydroxyl groups is 1. The second-order valence-corrected chi connectivity index (χ2v) is 8.53. The van der Waals surface area contributed by atoms with Gasteiger partial charge in [0.25, 0.3) is 0 Å². The molecule has 1 aromatic rings. The summed E-state index contributed by atoms with van der Waals surface area (Å²) in [5, 5.41) is 10.4. The normalized spacial score (nSPS) is 21.5. The zero-order valence-corrected chi connectivity index (χ0v) is 15.8. The highest BCUT2D eigenvalue weighted by Gasteiger charge is 2.36. The second-order valence-electron chi connectivity index (χ2n) is 8.53. The first kappa shape index (κ1) is 18.7. The van der Waals surface area contributed by atoms with Gasteiger partial charge in [-0.2, -0.15) is 0 Å². The molecule has 1 aromatic carbocycles. The van der Waals surface area contributed by atoms with Crippen LogP contribution in [0.1, 0.15) is 31.9 Å². The Balaban J connectivity index is 1.65. The molecule has 0 spiro atoms. The molecule has 1 aliphatic carbocycles. The third-order valence-electron chi connectivity index (χ3n) is 4.84. The van der Waals surface area contributed by atoms with Crippen LogP contribution in [0.3, 0.4) is 0 Å². The summed E-state index contributed by atoms with van der Waals surface area (Å²) in [4.78, 5) is 28.2. The molecule has 26 heavy (non-hydrogen) atoms. The van der Waals surface area contributed by atoms with Crippen LogP contribution in [-0.2, 0) is 22.4 Å². The molecule has 6 heteroatoms. The largest absolute Gasteiger partial charge is 0.449 e. The van der Waals surface area contributed by atoms with Crippen molar-refractivity contribution in [2.45, 2.75) is 45.8 Å². The van der Waals surface area contributed by atoms with Crippen molar-refractivity contribution in [3.63, 3.8) is 0 Å². The smallest absolute Gasteiger partial charge is 0.410 e. The third-order valence-corrected chi connectivity index (χ3v) is 4.84. The molecule has 0 radical (unpaired) electrons. The highest BCUT2D eigenvalue weighted by Crippen LogP contribution is 2.26. The van der Waals surface area contributed by atoms with Crippen LogP contribution < -0.4 is 0 Å². The molecule has 1 aliphatic heterocycles. The van der Waals surface area contributed by atoms with Gasteiger partial charge in [0, 0.05) is 12.6 Å². The van der Waals surface area contributed by atoms with E-state index in [-0.39, 0.29) is 43.6 Å². The van der Waals surface area contributed by atoms with Gasteiger partial charge in [0.2, 0.25) is 5.91 Å². The summed E-state index contributed by atoms with van der Waals surface area (Å²) in [7, 11) is 0. The summed E-state index contributed by atoms with van der Waals surface area (Å²) in [5.41, 5.74) is 2.36. The topological polar surface area (TPSA) is 70.1 Å². The molecule has 0 saturated carbocycles. The standard InChI is InChI=1S/C20H28N2O4/c1-20(2,3)13-26-19(25)21-10-17(23)11-22(18(24)12-21)16-8-14-6-4-5-7-15(14)9-16/h4-7,16-17,23H,8-13H2,1-3H3. The molecule has 1 N–H and O–H groups in total. The predicted octanol–water partition coefficient (Wildman–Crippen LogP) is 1.84. The third kappa shape index (κ3) is 4.36. The Labute approximate surface area is 154 Å². The molecule has 142 valence electrons. The van der Waals surface area contributed by atoms with Gasteiger partial charge in [-0.3, -0.25) is 9.69 Å². The summed E-state index contributed by atoms with van der Waals surface area (Å²) in [6.07, 6.45) is 0.280. The van der Waals surface area contributed by atoms with Gasteiger partial charge >= 0.3 is 6.09 Å². The molecular formula is C20H28N2O4.